The second-order valence-corrected chi connectivity index (χ2v) is 8.26. The summed E-state index contributed by atoms with van der Waals surface area (Å²) < 4.78 is 37.9. The van der Waals surface area contributed by atoms with E-state index in [-0.39, 0.29) is 6.54 Å². The topological polar surface area (TPSA) is 52.6 Å². The third kappa shape index (κ3) is 5.81. The number of aliphatic imine (C=N–C) groups is 1. The monoisotopic (exact) mass is 403 g/mol. The largest absolute Gasteiger partial charge is 0.434 e. The number of rotatable bonds is 4. The molecule has 1 saturated heterocycles. The average molecular weight is 404 g/mol. The Morgan fingerprint density at radius 2 is 2.04 bits per heavy atom. The molecule has 0 bridgehead atoms. The van der Waals surface area contributed by atoms with E-state index in [2.05, 4.69) is 25.5 Å². The van der Waals surface area contributed by atoms with Crippen LogP contribution in [0.25, 0.3) is 0 Å². The lowest BCUT2D eigenvalue weighted by atomic mass is 9.92. The first-order chi connectivity index (χ1) is 13.0. The first kappa shape index (κ1) is 20.4. The lowest BCUT2D eigenvalue weighted by molar-refractivity contribution is -0.140. The van der Waals surface area contributed by atoms with Crippen molar-refractivity contribution < 1.29 is 13.2 Å². The Morgan fingerprint density at radius 3 is 2.70 bits per heavy atom. The van der Waals surface area contributed by atoms with Crippen LogP contribution in [0, 0.1) is 0 Å². The Hall–Kier alpha value is -1.35. The summed E-state index contributed by atoms with van der Waals surface area (Å²) in [5.41, 5.74) is -0.831. The standard InChI is InChI=1S/C18H28F3N5S/c1-22-17(23-10-16-25-15(12-27-16)18(19,20)21)24-13-6-5-9-26(11-13)14-7-3-2-4-8-14/h12-14H,2-11H2,1H3,(H2,22,23,24). The summed E-state index contributed by atoms with van der Waals surface area (Å²) in [4.78, 5) is 10.5. The zero-order valence-electron chi connectivity index (χ0n) is 15.7. The van der Waals surface area contributed by atoms with Crippen molar-refractivity contribution in [2.24, 2.45) is 4.99 Å². The number of piperidine rings is 1. The molecule has 1 unspecified atom stereocenters. The molecular weight excluding hydrogens is 375 g/mol. The van der Waals surface area contributed by atoms with Gasteiger partial charge in [-0.05, 0) is 32.2 Å². The molecule has 0 radical (unpaired) electrons. The Bertz CT molecular complexity index is 625. The summed E-state index contributed by atoms with van der Waals surface area (Å²) >= 11 is 1.01. The molecule has 27 heavy (non-hydrogen) atoms. The van der Waals surface area contributed by atoms with Crippen LogP contribution in [-0.2, 0) is 12.7 Å². The fourth-order valence-electron chi connectivity index (χ4n) is 3.97. The summed E-state index contributed by atoms with van der Waals surface area (Å²) in [7, 11) is 1.68. The van der Waals surface area contributed by atoms with Gasteiger partial charge in [-0.3, -0.25) is 9.89 Å². The molecule has 2 fully saturated rings. The molecule has 1 atom stereocenters. The maximum Gasteiger partial charge on any atom is 0.434 e. The summed E-state index contributed by atoms with van der Waals surface area (Å²) in [5.74, 6) is 0.620. The van der Waals surface area contributed by atoms with Crippen LogP contribution in [0.5, 0.6) is 0 Å². The van der Waals surface area contributed by atoms with Gasteiger partial charge < -0.3 is 10.6 Å². The van der Waals surface area contributed by atoms with Crippen molar-refractivity contribution in [3.05, 3.63) is 16.1 Å². The van der Waals surface area contributed by atoms with Gasteiger partial charge in [0.15, 0.2) is 11.7 Å². The molecule has 2 heterocycles. The molecule has 0 spiro atoms. The van der Waals surface area contributed by atoms with Gasteiger partial charge in [-0.25, -0.2) is 4.98 Å². The Labute approximate surface area is 162 Å². The van der Waals surface area contributed by atoms with Crippen molar-refractivity contribution in [2.45, 2.75) is 69.8 Å². The highest BCUT2D eigenvalue weighted by Gasteiger charge is 2.33. The molecule has 1 saturated carbocycles. The van der Waals surface area contributed by atoms with Crippen LogP contribution >= 0.6 is 11.3 Å². The van der Waals surface area contributed by atoms with Crippen molar-refractivity contribution in [2.75, 3.05) is 20.1 Å². The number of nitrogens with one attached hydrogen (secondary N) is 2. The van der Waals surface area contributed by atoms with Crippen molar-refractivity contribution in [3.63, 3.8) is 0 Å². The normalized spacial score (nSPS) is 23.4. The van der Waals surface area contributed by atoms with Gasteiger partial charge in [0.1, 0.15) is 5.01 Å². The number of nitrogens with zero attached hydrogens (tertiary/aromatic N) is 3. The summed E-state index contributed by atoms with van der Waals surface area (Å²) in [6, 6.07) is 1.02. The van der Waals surface area contributed by atoms with E-state index in [1.165, 1.54) is 32.1 Å². The molecule has 2 aliphatic rings. The summed E-state index contributed by atoms with van der Waals surface area (Å²) in [6.07, 6.45) is 4.46. The van der Waals surface area contributed by atoms with E-state index < -0.39 is 11.9 Å². The maximum absolute atomic E-state index is 12.6. The van der Waals surface area contributed by atoms with E-state index in [0.29, 0.717) is 23.1 Å². The summed E-state index contributed by atoms with van der Waals surface area (Å²) in [6.45, 7) is 2.40. The minimum Gasteiger partial charge on any atom is -0.352 e. The SMILES string of the molecule is CN=C(NCc1nc(C(F)(F)F)cs1)NC1CCCN(C2CCCCC2)C1. The van der Waals surface area contributed by atoms with Crippen molar-refractivity contribution in [1.29, 1.82) is 0 Å². The highest BCUT2D eigenvalue weighted by Crippen LogP contribution is 2.30. The van der Waals surface area contributed by atoms with Crippen LogP contribution < -0.4 is 10.6 Å². The van der Waals surface area contributed by atoms with Crippen LogP contribution in [0.15, 0.2) is 10.4 Å². The number of thiazole rings is 1. The van der Waals surface area contributed by atoms with E-state index in [4.69, 9.17) is 0 Å². The van der Waals surface area contributed by atoms with E-state index in [9.17, 15) is 13.2 Å². The van der Waals surface area contributed by atoms with E-state index in [0.717, 1.165) is 42.6 Å². The number of alkyl halides is 3. The fraction of sp³-hybridized carbons (Fsp3) is 0.778. The molecule has 2 N–H and O–H groups in total. The minimum absolute atomic E-state index is 0.236. The molecule has 1 aliphatic carbocycles. The van der Waals surface area contributed by atoms with E-state index >= 15 is 0 Å². The molecule has 1 aromatic heterocycles. The van der Waals surface area contributed by atoms with Crippen LogP contribution in [0.4, 0.5) is 13.2 Å². The van der Waals surface area contributed by atoms with Crippen molar-refractivity contribution in [1.82, 2.24) is 20.5 Å². The fourth-order valence-corrected chi connectivity index (χ4v) is 4.71. The summed E-state index contributed by atoms with van der Waals surface area (Å²) in [5, 5.41) is 7.98. The average Bonchev–Trinajstić information content (AvgIpc) is 3.15. The highest BCUT2D eigenvalue weighted by molar-refractivity contribution is 7.09. The van der Waals surface area contributed by atoms with Gasteiger partial charge in [0.25, 0.3) is 0 Å². The Balaban J connectivity index is 1.48. The number of hydrogen-bond donors (Lipinski definition) is 2. The zero-order valence-corrected chi connectivity index (χ0v) is 16.5. The quantitative estimate of drug-likeness (QED) is 0.596. The van der Waals surface area contributed by atoms with Crippen molar-refractivity contribution >= 4 is 17.3 Å². The Morgan fingerprint density at radius 1 is 1.26 bits per heavy atom. The van der Waals surface area contributed by atoms with Crippen LogP contribution in [0.3, 0.4) is 0 Å². The molecule has 9 heteroatoms. The first-order valence-electron chi connectivity index (χ1n) is 9.68. The van der Waals surface area contributed by atoms with Gasteiger partial charge in [0.2, 0.25) is 0 Å². The smallest absolute Gasteiger partial charge is 0.352 e. The second-order valence-electron chi connectivity index (χ2n) is 7.32. The third-order valence-electron chi connectivity index (χ3n) is 5.36. The molecular formula is C18H28F3N5S. The molecule has 1 aliphatic heterocycles. The number of likely N-dealkylation sites (tertiary alicyclic amines) is 1. The van der Waals surface area contributed by atoms with Gasteiger partial charge in [-0.2, -0.15) is 13.2 Å². The lowest BCUT2D eigenvalue weighted by Gasteiger charge is -2.40. The van der Waals surface area contributed by atoms with E-state index in [1.807, 2.05) is 0 Å². The van der Waals surface area contributed by atoms with Gasteiger partial charge in [0, 0.05) is 31.1 Å². The molecule has 0 aromatic carbocycles. The number of hydrogen-bond acceptors (Lipinski definition) is 4. The lowest BCUT2D eigenvalue weighted by Crippen LogP contribution is -2.53. The molecule has 5 nitrogen and oxygen atoms in total. The van der Waals surface area contributed by atoms with Gasteiger partial charge in [0.05, 0.1) is 6.54 Å². The number of halogens is 3. The number of guanidine groups is 1. The van der Waals surface area contributed by atoms with Crippen LogP contribution in [0.2, 0.25) is 0 Å². The van der Waals surface area contributed by atoms with Gasteiger partial charge in [-0.15, -0.1) is 11.3 Å². The molecule has 152 valence electrons. The van der Waals surface area contributed by atoms with Crippen LogP contribution in [-0.4, -0.2) is 48.1 Å². The third-order valence-corrected chi connectivity index (χ3v) is 6.21. The zero-order chi connectivity index (χ0) is 19.3. The highest BCUT2D eigenvalue weighted by atomic mass is 32.1. The van der Waals surface area contributed by atoms with Gasteiger partial charge >= 0.3 is 6.18 Å². The molecule has 1 aromatic rings. The van der Waals surface area contributed by atoms with Gasteiger partial charge in [-0.1, -0.05) is 19.3 Å². The Kier molecular flexibility index (Phi) is 6.97. The minimum atomic E-state index is -4.39. The van der Waals surface area contributed by atoms with Crippen LogP contribution in [0.1, 0.15) is 55.6 Å². The number of aromatic nitrogens is 1. The predicted molar refractivity (Wildman–Crippen MR) is 102 cm³/mol. The predicted octanol–water partition coefficient (Wildman–Crippen LogP) is 3.62. The van der Waals surface area contributed by atoms with E-state index in [1.54, 1.807) is 7.05 Å². The maximum atomic E-state index is 12.6. The molecule has 3 rings (SSSR count). The van der Waals surface area contributed by atoms with Crippen molar-refractivity contribution in [3.8, 4) is 0 Å². The second kappa shape index (κ2) is 9.23. The molecule has 0 amide bonds. The first-order valence-corrected chi connectivity index (χ1v) is 10.6.